The van der Waals surface area contributed by atoms with Crippen molar-refractivity contribution in [2.45, 2.75) is 18.7 Å². The normalized spacial score (nSPS) is 12.5. The third-order valence-electron chi connectivity index (χ3n) is 3.07. The van der Waals surface area contributed by atoms with Gasteiger partial charge in [-0.15, -0.1) is 0 Å². The van der Waals surface area contributed by atoms with Crippen LogP contribution in [0, 0.1) is 25.5 Å². The van der Waals surface area contributed by atoms with Crippen LogP contribution in [0.2, 0.25) is 5.02 Å². The van der Waals surface area contributed by atoms with Gasteiger partial charge in [0.25, 0.3) is 0 Å². The van der Waals surface area contributed by atoms with E-state index in [9.17, 15) is 8.78 Å². The van der Waals surface area contributed by atoms with Crippen molar-refractivity contribution < 1.29 is 8.78 Å². The lowest BCUT2D eigenvalue weighted by Gasteiger charge is -2.16. The van der Waals surface area contributed by atoms with Crippen molar-refractivity contribution in [2.75, 3.05) is 0 Å². The summed E-state index contributed by atoms with van der Waals surface area (Å²) in [5.74, 6) is -1.12. The predicted octanol–water partition coefficient (Wildman–Crippen LogP) is 5.72. The molecule has 0 saturated heterocycles. The molecule has 0 amide bonds. The highest BCUT2D eigenvalue weighted by molar-refractivity contribution is 9.09. The van der Waals surface area contributed by atoms with E-state index in [2.05, 4.69) is 15.9 Å². The minimum Gasteiger partial charge on any atom is -0.207 e. The molecule has 1 unspecified atom stereocenters. The Labute approximate surface area is 124 Å². The summed E-state index contributed by atoms with van der Waals surface area (Å²) >= 11 is 9.42. The largest absolute Gasteiger partial charge is 0.207 e. The number of benzene rings is 2. The zero-order chi connectivity index (χ0) is 14.2. The van der Waals surface area contributed by atoms with Crippen molar-refractivity contribution in [3.05, 3.63) is 69.2 Å². The summed E-state index contributed by atoms with van der Waals surface area (Å²) in [5, 5.41) is 0.648. The van der Waals surface area contributed by atoms with Gasteiger partial charge in [0.1, 0.15) is 11.6 Å². The van der Waals surface area contributed by atoms with Gasteiger partial charge >= 0.3 is 0 Å². The lowest BCUT2D eigenvalue weighted by Crippen LogP contribution is -2.03. The monoisotopic (exact) mass is 344 g/mol. The average Bonchev–Trinajstić information content (AvgIpc) is 2.33. The second kappa shape index (κ2) is 5.59. The zero-order valence-corrected chi connectivity index (χ0v) is 12.8. The van der Waals surface area contributed by atoms with Crippen LogP contribution < -0.4 is 0 Å². The smallest absolute Gasteiger partial charge is 0.130 e. The van der Waals surface area contributed by atoms with Crippen LogP contribution in [0.15, 0.2) is 30.3 Å². The molecule has 0 fully saturated rings. The highest BCUT2D eigenvalue weighted by Gasteiger charge is 2.21. The highest BCUT2D eigenvalue weighted by atomic mass is 79.9. The Morgan fingerprint density at radius 2 is 1.63 bits per heavy atom. The first-order valence-corrected chi connectivity index (χ1v) is 7.05. The van der Waals surface area contributed by atoms with E-state index in [0.717, 1.165) is 16.7 Å². The SMILES string of the molecule is Cc1cc(C(Br)c2c(F)cccc2F)c(C)cc1Cl. The van der Waals surface area contributed by atoms with Crippen LogP contribution in [0.5, 0.6) is 0 Å². The molecule has 0 radical (unpaired) electrons. The molecule has 2 aromatic carbocycles. The Bertz CT molecular complexity index is 606. The standard InChI is InChI=1S/C15H12BrClF2/c1-8-7-11(17)9(2)6-10(8)15(16)14-12(18)4-3-5-13(14)19/h3-7,15H,1-2H3. The third kappa shape index (κ3) is 2.82. The number of halogens is 4. The lowest BCUT2D eigenvalue weighted by atomic mass is 9.98. The van der Waals surface area contributed by atoms with Crippen molar-refractivity contribution in [3.63, 3.8) is 0 Å². The molecule has 1 atom stereocenters. The first kappa shape index (κ1) is 14.5. The van der Waals surface area contributed by atoms with Crippen LogP contribution in [0.1, 0.15) is 27.1 Å². The van der Waals surface area contributed by atoms with Gasteiger partial charge in [0, 0.05) is 10.6 Å². The van der Waals surface area contributed by atoms with Gasteiger partial charge < -0.3 is 0 Å². The molecule has 0 aliphatic carbocycles. The molecule has 0 aliphatic heterocycles. The molecule has 4 heteroatoms. The van der Waals surface area contributed by atoms with Crippen LogP contribution in [-0.4, -0.2) is 0 Å². The number of alkyl halides is 1. The Morgan fingerprint density at radius 3 is 2.21 bits per heavy atom. The zero-order valence-electron chi connectivity index (χ0n) is 10.5. The second-order valence-corrected chi connectivity index (χ2v) is 5.78. The highest BCUT2D eigenvalue weighted by Crippen LogP contribution is 2.37. The maximum Gasteiger partial charge on any atom is 0.130 e. The summed E-state index contributed by atoms with van der Waals surface area (Å²) in [6.45, 7) is 3.73. The third-order valence-corrected chi connectivity index (χ3v) is 4.43. The number of aryl methyl sites for hydroxylation is 2. The molecule has 0 N–H and O–H groups in total. The van der Waals surface area contributed by atoms with Crippen LogP contribution in [0.4, 0.5) is 8.78 Å². The molecule has 2 aromatic rings. The molecule has 100 valence electrons. The minimum absolute atomic E-state index is 0.0207. The van der Waals surface area contributed by atoms with E-state index in [1.807, 2.05) is 19.9 Å². The Hall–Kier alpha value is -0.930. The fourth-order valence-electron chi connectivity index (χ4n) is 1.98. The van der Waals surface area contributed by atoms with E-state index in [1.165, 1.54) is 18.2 Å². The summed E-state index contributed by atoms with van der Waals surface area (Å²) in [4.78, 5) is -0.537. The fourth-order valence-corrected chi connectivity index (χ4v) is 3.13. The molecule has 19 heavy (non-hydrogen) atoms. The Balaban J connectivity index is 2.56. The van der Waals surface area contributed by atoms with Crippen molar-refractivity contribution in [1.82, 2.24) is 0 Å². The maximum absolute atomic E-state index is 13.8. The van der Waals surface area contributed by atoms with Crippen molar-refractivity contribution in [3.8, 4) is 0 Å². The first-order chi connectivity index (χ1) is 8.91. The van der Waals surface area contributed by atoms with Gasteiger partial charge in [0.05, 0.1) is 4.83 Å². The molecule has 0 saturated carbocycles. The van der Waals surface area contributed by atoms with Crippen molar-refractivity contribution in [1.29, 1.82) is 0 Å². The molecular formula is C15H12BrClF2. The van der Waals surface area contributed by atoms with Gasteiger partial charge in [-0.05, 0) is 48.7 Å². The van der Waals surface area contributed by atoms with E-state index in [4.69, 9.17) is 11.6 Å². The van der Waals surface area contributed by atoms with E-state index < -0.39 is 16.5 Å². The van der Waals surface area contributed by atoms with Crippen molar-refractivity contribution in [2.24, 2.45) is 0 Å². The van der Waals surface area contributed by atoms with Gasteiger partial charge in [-0.2, -0.15) is 0 Å². The maximum atomic E-state index is 13.8. The van der Waals surface area contributed by atoms with Crippen LogP contribution >= 0.6 is 27.5 Å². The van der Waals surface area contributed by atoms with Crippen LogP contribution in [-0.2, 0) is 0 Å². The van der Waals surface area contributed by atoms with Crippen molar-refractivity contribution >= 4 is 27.5 Å². The average molecular weight is 346 g/mol. The van der Waals surface area contributed by atoms with E-state index in [-0.39, 0.29) is 5.56 Å². The van der Waals surface area contributed by atoms with Gasteiger partial charge in [0.15, 0.2) is 0 Å². The Kier molecular flexibility index (Phi) is 4.26. The molecule has 0 spiro atoms. The van der Waals surface area contributed by atoms with Crippen LogP contribution in [0.3, 0.4) is 0 Å². The Morgan fingerprint density at radius 1 is 1.05 bits per heavy atom. The van der Waals surface area contributed by atoms with Gasteiger partial charge in [-0.3, -0.25) is 0 Å². The summed E-state index contributed by atoms with van der Waals surface area (Å²) in [6.07, 6.45) is 0. The molecule has 2 rings (SSSR count). The topological polar surface area (TPSA) is 0 Å². The molecule has 0 nitrogen and oxygen atoms in total. The number of hydrogen-bond acceptors (Lipinski definition) is 0. The second-order valence-electron chi connectivity index (χ2n) is 4.46. The van der Waals surface area contributed by atoms with E-state index in [0.29, 0.717) is 5.02 Å². The van der Waals surface area contributed by atoms with Gasteiger partial charge in [-0.25, -0.2) is 8.78 Å². The minimum atomic E-state index is -0.561. The fraction of sp³-hybridized carbons (Fsp3) is 0.200. The van der Waals surface area contributed by atoms with Gasteiger partial charge in [-0.1, -0.05) is 39.7 Å². The lowest BCUT2D eigenvalue weighted by molar-refractivity contribution is 0.560. The molecular weight excluding hydrogens is 334 g/mol. The van der Waals surface area contributed by atoms with E-state index in [1.54, 1.807) is 6.07 Å². The number of hydrogen-bond donors (Lipinski definition) is 0. The molecule has 0 aromatic heterocycles. The molecule has 0 heterocycles. The molecule has 0 bridgehead atoms. The quantitative estimate of drug-likeness (QED) is 0.611. The summed E-state index contributed by atoms with van der Waals surface area (Å²) < 4.78 is 27.6. The van der Waals surface area contributed by atoms with Crippen LogP contribution in [0.25, 0.3) is 0 Å². The van der Waals surface area contributed by atoms with Gasteiger partial charge in [0.2, 0.25) is 0 Å². The summed E-state index contributed by atoms with van der Waals surface area (Å²) in [7, 11) is 0. The summed E-state index contributed by atoms with van der Waals surface area (Å²) in [6, 6.07) is 7.52. The number of rotatable bonds is 2. The first-order valence-electron chi connectivity index (χ1n) is 5.76. The molecule has 0 aliphatic rings. The summed E-state index contributed by atoms with van der Waals surface area (Å²) in [5.41, 5.74) is 2.60. The van der Waals surface area contributed by atoms with E-state index >= 15 is 0 Å². The predicted molar refractivity (Wildman–Crippen MR) is 78.1 cm³/mol.